The molecular formula is C44H27N3O. The molecule has 0 aliphatic heterocycles. The number of nitrogens with zero attached hydrogens (tertiary/aromatic N) is 3. The van der Waals surface area contributed by atoms with Gasteiger partial charge in [-0.15, -0.1) is 0 Å². The zero-order valence-electron chi connectivity index (χ0n) is 25.8. The fraction of sp³-hybridized carbons (Fsp3) is 0. The van der Waals surface area contributed by atoms with Crippen LogP contribution < -0.4 is 0 Å². The van der Waals surface area contributed by atoms with Crippen LogP contribution >= 0.6 is 0 Å². The van der Waals surface area contributed by atoms with E-state index in [2.05, 4.69) is 144 Å². The molecule has 0 spiro atoms. The zero-order chi connectivity index (χ0) is 31.6. The lowest BCUT2D eigenvalue weighted by Gasteiger charge is -2.14. The fourth-order valence-electron chi connectivity index (χ4n) is 7.29. The Hall–Kier alpha value is -6.52. The molecule has 0 saturated carbocycles. The van der Waals surface area contributed by atoms with Crippen LogP contribution in [0, 0.1) is 0 Å². The summed E-state index contributed by atoms with van der Waals surface area (Å²) < 4.78 is 8.65. The Morgan fingerprint density at radius 2 is 1.00 bits per heavy atom. The minimum atomic E-state index is 0.628. The van der Waals surface area contributed by atoms with Crippen molar-refractivity contribution in [3.63, 3.8) is 0 Å². The molecule has 0 radical (unpaired) electrons. The second kappa shape index (κ2) is 10.5. The molecule has 3 heterocycles. The maximum Gasteiger partial charge on any atom is 0.235 e. The average Bonchev–Trinajstić information content (AvgIpc) is 3.72. The second-order valence-corrected chi connectivity index (χ2v) is 12.2. The normalized spacial score (nSPS) is 11.8. The van der Waals surface area contributed by atoms with Crippen LogP contribution in [-0.4, -0.2) is 14.5 Å². The summed E-state index contributed by atoms with van der Waals surface area (Å²) in [5.74, 6) is 0.628. The molecule has 4 heteroatoms. The van der Waals surface area contributed by atoms with E-state index in [0.717, 1.165) is 82.8 Å². The van der Waals surface area contributed by atoms with Crippen LogP contribution in [0.5, 0.6) is 0 Å². The molecular weight excluding hydrogens is 587 g/mol. The summed E-state index contributed by atoms with van der Waals surface area (Å²) in [4.78, 5) is 10.7. The number of aromatic nitrogens is 3. The van der Waals surface area contributed by atoms with Crippen LogP contribution in [0.15, 0.2) is 168 Å². The summed E-state index contributed by atoms with van der Waals surface area (Å²) in [6.45, 7) is 0. The molecule has 0 atom stereocenters. The molecule has 0 amide bonds. The van der Waals surface area contributed by atoms with Gasteiger partial charge in [-0.05, 0) is 29.1 Å². The Bertz CT molecular complexity index is 2770. The number of para-hydroxylation sites is 2. The average molecular weight is 614 g/mol. The van der Waals surface area contributed by atoms with E-state index in [1.165, 1.54) is 5.39 Å². The molecule has 48 heavy (non-hydrogen) atoms. The van der Waals surface area contributed by atoms with Crippen molar-refractivity contribution in [2.45, 2.75) is 0 Å². The Morgan fingerprint density at radius 3 is 1.77 bits per heavy atom. The SMILES string of the molecule is c1ccc(-c2cc(-c3ccccc3)nc(-n3c4c(-c5cccc6oc7ccccc7c56)cccc4c4ccc5ccccc5c43)n2)cc1. The predicted molar refractivity (Wildman–Crippen MR) is 197 cm³/mol. The molecule has 3 aromatic heterocycles. The molecule has 10 aromatic rings. The van der Waals surface area contributed by atoms with E-state index in [1.807, 2.05) is 24.3 Å². The molecule has 0 N–H and O–H groups in total. The topological polar surface area (TPSA) is 43.9 Å². The first kappa shape index (κ1) is 26.7. The van der Waals surface area contributed by atoms with Gasteiger partial charge in [-0.2, -0.15) is 0 Å². The van der Waals surface area contributed by atoms with E-state index >= 15 is 0 Å². The molecule has 4 nitrogen and oxygen atoms in total. The molecule has 0 aliphatic carbocycles. The van der Waals surface area contributed by atoms with Gasteiger partial charge in [0.2, 0.25) is 5.95 Å². The van der Waals surface area contributed by atoms with Gasteiger partial charge in [0.15, 0.2) is 0 Å². The van der Waals surface area contributed by atoms with Crippen molar-refractivity contribution in [2.75, 3.05) is 0 Å². The van der Waals surface area contributed by atoms with E-state index in [9.17, 15) is 0 Å². The third-order valence-electron chi connectivity index (χ3n) is 9.42. The maximum atomic E-state index is 6.36. The molecule has 7 aromatic carbocycles. The first-order chi connectivity index (χ1) is 23.8. The van der Waals surface area contributed by atoms with Gasteiger partial charge in [0.25, 0.3) is 0 Å². The number of benzene rings is 7. The predicted octanol–water partition coefficient (Wildman–Crippen LogP) is 11.6. The quantitative estimate of drug-likeness (QED) is 0.198. The van der Waals surface area contributed by atoms with Crippen molar-refractivity contribution in [1.29, 1.82) is 0 Å². The van der Waals surface area contributed by atoms with Crippen LogP contribution in [0.4, 0.5) is 0 Å². The Labute approximate surface area is 276 Å². The van der Waals surface area contributed by atoms with E-state index in [0.29, 0.717) is 5.95 Å². The lowest BCUT2D eigenvalue weighted by Crippen LogP contribution is -2.05. The number of furan rings is 1. The lowest BCUT2D eigenvalue weighted by atomic mass is 9.97. The zero-order valence-corrected chi connectivity index (χ0v) is 25.8. The Morgan fingerprint density at radius 1 is 0.417 bits per heavy atom. The van der Waals surface area contributed by atoms with Crippen LogP contribution in [0.3, 0.4) is 0 Å². The summed E-state index contributed by atoms with van der Waals surface area (Å²) >= 11 is 0. The first-order valence-electron chi connectivity index (χ1n) is 16.2. The summed E-state index contributed by atoms with van der Waals surface area (Å²) in [7, 11) is 0. The Balaban J connectivity index is 1.39. The first-order valence-corrected chi connectivity index (χ1v) is 16.2. The minimum absolute atomic E-state index is 0.628. The van der Waals surface area contributed by atoms with Crippen molar-refractivity contribution < 1.29 is 4.42 Å². The van der Waals surface area contributed by atoms with Gasteiger partial charge in [0, 0.05) is 43.6 Å². The summed E-state index contributed by atoms with van der Waals surface area (Å²) in [5, 5.41) is 6.83. The van der Waals surface area contributed by atoms with Crippen molar-refractivity contribution >= 4 is 54.5 Å². The van der Waals surface area contributed by atoms with Crippen molar-refractivity contribution in [3.05, 3.63) is 164 Å². The standard InChI is InChI=1S/C44H27N3O/c1-3-14-29(15-4-1)37-27-38(30-16-5-2-6-17-30)46-44(45-37)47-42-31-18-8-7-13-28(31)25-26-35(42)34-22-11-21-33(43(34)47)32-20-12-24-40-41(32)36-19-9-10-23-39(36)48-40/h1-27H. The van der Waals surface area contributed by atoms with Crippen molar-refractivity contribution in [3.8, 4) is 39.6 Å². The molecule has 0 saturated heterocycles. The highest BCUT2D eigenvalue weighted by atomic mass is 16.3. The second-order valence-electron chi connectivity index (χ2n) is 12.2. The number of rotatable bonds is 4. The van der Waals surface area contributed by atoms with Crippen LogP contribution in [0.1, 0.15) is 0 Å². The van der Waals surface area contributed by atoms with Gasteiger partial charge in [-0.1, -0.05) is 146 Å². The van der Waals surface area contributed by atoms with Gasteiger partial charge in [0.1, 0.15) is 11.2 Å². The van der Waals surface area contributed by atoms with Crippen molar-refractivity contribution in [1.82, 2.24) is 14.5 Å². The lowest BCUT2D eigenvalue weighted by molar-refractivity contribution is 0.669. The number of hydrogen-bond donors (Lipinski definition) is 0. The number of hydrogen-bond acceptors (Lipinski definition) is 3. The fourth-order valence-corrected chi connectivity index (χ4v) is 7.29. The summed E-state index contributed by atoms with van der Waals surface area (Å²) in [6, 6.07) is 57.1. The monoisotopic (exact) mass is 613 g/mol. The van der Waals surface area contributed by atoms with Gasteiger partial charge in [-0.3, -0.25) is 4.57 Å². The van der Waals surface area contributed by atoms with Gasteiger partial charge >= 0.3 is 0 Å². The maximum absolute atomic E-state index is 6.36. The minimum Gasteiger partial charge on any atom is -0.456 e. The largest absolute Gasteiger partial charge is 0.456 e. The van der Waals surface area contributed by atoms with Crippen LogP contribution in [-0.2, 0) is 0 Å². The van der Waals surface area contributed by atoms with Gasteiger partial charge < -0.3 is 4.42 Å². The third kappa shape index (κ3) is 4.03. The molecule has 0 unspecified atom stereocenters. The highest BCUT2D eigenvalue weighted by Crippen LogP contribution is 2.44. The van der Waals surface area contributed by atoms with E-state index in [1.54, 1.807) is 0 Å². The molecule has 224 valence electrons. The highest BCUT2D eigenvalue weighted by molar-refractivity contribution is 6.23. The summed E-state index contributed by atoms with van der Waals surface area (Å²) in [5.41, 5.74) is 9.93. The highest BCUT2D eigenvalue weighted by Gasteiger charge is 2.23. The van der Waals surface area contributed by atoms with E-state index in [4.69, 9.17) is 14.4 Å². The van der Waals surface area contributed by atoms with E-state index in [-0.39, 0.29) is 0 Å². The van der Waals surface area contributed by atoms with Crippen LogP contribution in [0.2, 0.25) is 0 Å². The third-order valence-corrected chi connectivity index (χ3v) is 9.42. The smallest absolute Gasteiger partial charge is 0.235 e. The molecule has 10 rings (SSSR count). The van der Waals surface area contributed by atoms with Crippen molar-refractivity contribution in [2.24, 2.45) is 0 Å². The van der Waals surface area contributed by atoms with E-state index < -0.39 is 0 Å². The van der Waals surface area contributed by atoms with Gasteiger partial charge in [-0.25, -0.2) is 9.97 Å². The number of fused-ring (bicyclic) bond motifs is 8. The summed E-state index contributed by atoms with van der Waals surface area (Å²) in [6.07, 6.45) is 0. The van der Waals surface area contributed by atoms with Crippen LogP contribution in [0.25, 0.3) is 94.1 Å². The molecule has 0 fully saturated rings. The molecule has 0 bridgehead atoms. The van der Waals surface area contributed by atoms with Gasteiger partial charge in [0.05, 0.1) is 22.4 Å². The Kier molecular flexibility index (Phi) is 5.84. The molecule has 0 aliphatic rings.